The van der Waals surface area contributed by atoms with Crippen LogP contribution in [0.4, 0.5) is 0 Å². The first-order chi connectivity index (χ1) is 6.80. The molecule has 15 heavy (non-hydrogen) atoms. The summed E-state index contributed by atoms with van der Waals surface area (Å²) in [5.74, 6) is 0.939. The fourth-order valence-electron chi connectivity index (χ4n) is 1.44. The Morgan fingerprint density at radius 2 is 2.00 bits per heavy atom. The minimum Gasteiger partial charge on any atom is -0.345 e. The number of carbonyl (C=O) groups excluding carboxylic acids is 1. The molecule has 1 unspecified atom stereocenters. The predicted molar refractivity (Wildman–Crippen MR) is 62.4 cm³/mol. The van der Waals surface area contributed by atoms with E-state index < -0.39 is 0 Å². The summed E-state index contributed by atoms with van der Waals surface area (Å²) in [6.07, 6.45) is 3.03. The highest BCUT2D eigenvalue weighted by Gasteiger charge is 2.28. The lowest BCUT2D eigenvalue weighted by Gasteiger charge is -2.28. The van der Waals surface area contributed by atoms with E-state index in [0.717, 1.165) is 12.5 Å². The van der Waals surface area contributed by atoms with Crippen molar-refractivity contribution in [3.05, 3.63) is 0 Å². The minimum atomic E-state index is -0.0494. The van der Waals surface area contributed by atoms with E-state index in [0.29, 0.717) is 6.42 Å². The lowest BCUT2D eigenvalue weighted by atomic mass is 9.85. The van der Waals surface area contributed by atoms with Gasteiger partial charge in [-0.1, -0.05) is 20.8 Å². The van der Waals surface area contributed by atoms with Gasteiger partial charge in [-0.05, 0) is 24.2 Å². The van der Waals surface area contributed by atoms with Crippen LogP contribution in [-0.2, 0) is 4.79 Å². The maximum atomic E-state index is 11.8. The average molecular weight is 212 g/mol. The molecule has 0 aromatic carbocycles. The highest BCUT2D eigenvalue weighted by molar-refractivity contribution is 5.76. The number of hydrogen-bond acceptors (Lipinski definition) is 2. The van der Waals surface area contributed by atoms with Crippen LogP contribution in [0, 0.1) is 11.3 Å². The Hall–Kier alpha value is -0.570. The molecule has 2 N–H and O–H groups in total. The van der Waals surface area contributed by atoms with Crippen molar-refractivity contribution in [3.63, 3.8) is 0 Å². The first kappa shape index (κ1) is 12.5. The molecule has 1 aliphatic carbocycles. The van der Waals surface area contributed by atoms with Crippen molar-refractivity contribution in [1.82, 2.24) is 4.90 Å². The number of nitrogens with two attached hydrogens (primary N) is 1. The smallest absolute Gasteiger partial charge is 0.223 e. The molecule has 0 aromatic heterocycles. The van der Waals surface area contributed by atoms with Crippen LogP contribution in [-0.4, -0.2) is 30.4 Å². The van der Waals surface area contributed by atoms with Gasteiger partial charge in [0, 0.05) is 26.1 Å². The average Bonchev–Trinajstić information content (AvgIpc) is 2.86. The number of carbonyl (C=O) groups is 1. The molecular formula is C12H24N2O. The molecule has 1 fully saturated rings. The Balaban J connectivity index is 2.33. The second-order valence-corrected chi connectivity index (χ2v) is 5.89. The summed E-state index contributed by atoms with van der Waals surface area (Å²) < 4.78 is 0. The fraction of sp³-hybridized carbons (Fsp3) is 0.917. The Labute approximate surface area is 93.0 Å². The van der Waals surface area contributed by atoms with E-state index in [4.69, 9.17) is 5.73 Å². The highest BCUT2D eigenvalue weighted by atomic mass is 16.2. The Morgan fingerprint density at radius 3 is 2.40 bits per heavy atom. The standard InChI is InChI=1S/C12H24N2O/c1-12(2,3)10(13)7-11(15)14(4)8-9-5-6-9/h9-10H,5-8,13H2,1-4H3. The van der Waals surface area contributed by atoms with E-state index in [1.807, 2.05) is 11.9 Å². The molecule has 0 radical (unpaired) electrons. The van der Waals surface area contributed by atoms with Crippen molar-refractivity contribution >= 4 is 5.91 Å². The Morgan fingerprint density at radius 1 is 1.47 bits per heavy atom. The second-order valence-electron chi connectivity index (χ2n) is 5.89. The first-order valence-electron chi connectivity index (χ1n) is 5.80. The summed E-state index contributed by atoms with van der Waals surface area (Å²) in [4.78, 5) is 13.6. The largest absolute Gasteiger partial charge is 0.345 e. The third-order valence-corrected chi connectivity index (χ3v) is 3.16. The van der Waals surface area contributed by atoms with E-state index in [9.17, 15) is 4.79 Å². The third kappa shape index (κ3) is 4.20. The van der Waals surface area contributed by atoms with Crippen LogP contribution >= 0.6 is 0 Å². The van der Waals surface area contributed by atoms with Gasteiger partial charge < -0.3 is 10.6 Å². The monoisotopic (exact) mass is 212 g/mol. The molecule has 0 heterocycles. The number of amides is 1. The lowest BCUT2D eigenvalue weighted by Crippen LogP contribution is -2.41. The van der Waals surface area contributed by atoms with Gasteiger partial charge in [0.2, 0.25) is 5.91 Å². The fourth-order valence-corrected chi connectivity index (χ4v) is 1.44. The normalized spacial score (nSPS) is 18.7. The topological polar surface area (TPSA) is 46.3 Å². The van der Waals surface area contributed by atoms with Gasteiger partial charge in [-0.25, -0.2) is 0 Å². The number of hydrogen-bond donors (Lipinski definition) is 1. The predicted octanol–water partition coefficient (Wildman–Crippen LogP) is 1.62. The van der Waals surface area contributed by atoms with Gasteiger partial charge in [0.15, 0.2) is 0 Å². The van der Waals surface area contributed by atoms with Crippen LogP contribution in [0.3, 0.4) is 0 Å². The van der Waals surface area contributed by atoms with Crippen molar-refractivity contribution in [2.75, 3.05) is 13.6 Å². The minimum absolute atomic E-state index is 0.0100. The zero-order valence-corrected chi connectivity index (χ0v) is 10.4. The van der Waals surface area contributed by atoms with E-state index in [2.05, 4.69) is 20.8 Å². The maximum Gasteiger partial charge on any atom is 0.223 e. The number of rotatable bonds is 4. The van der Waals surface area contributed by atoms with Gasteiger partial charge in [-0.3, -0.25) is 4.79 Å². The van der Waals surface area contributed by atoms with Gasteiger partial charge in [-0.15, -0.1) is 0 Å². The molecule has 1 atom stereocenters. The molecule has 0 bridgehead atoms. The van der Waals surface area contributed by atoms with E-state index in [1.54, 1.807) is 0 Å². The molecule has 1 amide bonds. The highest BCUT2D eigenvalue weighted by Crippen LogP contribution is 2.29. The van der Waals surface area contributed by atoms with Gasteiger partial charge in [-0.2, -0.15) is 0 Å². The van der Waals surface area contributed by atoms with Gasteiger partial charge >= 0.3 is 0 Å². The Bertz CT molecular complexity index is 228. The quantitative estimate of drug-likeness (QED) is 0.769. The molecule has 88 valence electrons. The van der Waals surface area contributed by atoms with Gasteiger partial charge in [0.1, 0.15) is 0 Å². The van der Waals surface area contributed by atoms with E-state index in [-0.39, 0.29) is 17.4 Å². The second kappa shape index (κ2) is 4.52. The zero-order valence-electron chi connectivity index (χ0n) is 10.4. The molecule has 0 aromatic rings. The lowest BCUT2D eigenvalue weighted by molar-refractivity contribution is -0.131. The van der Waals surface area contributed by atoms with Crippen LogP contribution in [0.2, 0.25) is 0 Å². The number of nitrogens with zero attached hydrogens (tertiary/aromatic N) is 1. The molecule has 1 aliphatic rings. The molecular weight excluding hydrogens is 188 g/mol. The van der Waals surface area contributed by atoms with Crippen molar-refractivity contribution in [1.29, 1.82) is 0 Å². The van der Waals surface area contributed by atoms with E-state index >= 15 is 0 Å². The van der Waals surface area contributed by atoms with Crippen molar-refractivity contribution < 1.29 is 4.79 Å². The summed E-state index contributed by atoms with van der Waals surface area (Å²) in [5, 5.41) is 0. The van der Waals surface area contributed by atoms with Crippen LogP contribution in [0.25, 0.3) is 0 Å². The molecule has 0 spiro atoms. The molecule has 1 saturated carbocycles. The van der Waals surface area contributed by atoms with Crippen molar-refractivity contribution in [2.45, 2.75) is 46.1 Å². The molecule has 0 saturated heterocycles. The first-order valence-corrected chi connectivity index (χ1v) is 5.80. The summed E-state index contributed by atoms with van der Waals surface area (Å²) in [6.45, 7) is 7.14. The summed E-state index contributed by atoms with van der Waals surface area (Å²) in [7, 11) is 1.88. The van der Waals surface area contributed by atoms with Crippen molar-refractivity contribution in [2.24, 2.45) is 17.1 Å². The molecule has 3 nitrogen and oxygen atoms in total. The summed E-state index contributed by atoms with van der Waals surface area (Å²) in [5.41, 5.74) is 6.00. The van der Waals surface area contributed by atoms with Crippen LogP contribution in [0.15, 0.2) is 0 Å². The third-order valence-electron chi connectivity index (χ3n) is 3.16. The zero-order chi connectivity index (χ0) is 11.6. The molecule has 3 heteroatoms. The van der Waals surface area contributed by atoms with Crippen LogP contribution in [0.5, 0.6) is 0 Å². The molecule has 1 rings (SSSR count). The van der Waals surface area contributed by atoms with Crippen LogP contribution < -0.4 is 5.73 Å². The van der Waals surface area contributed by atoms with Gasteiger partial charge in [0.05, 0.1) is 0 Å². The Kier molecular flexibility index (Phi) is 3.77. The maximum absolute atomic E-state index is 11.8. The summed E-state index contributed by atoms with van der Waals surface area (Å²) in [6, 6.07) is -0.0494. The molecule has 0 aliphatic heterocycles. The van der Waals surface area contributed by atoms with Crippen LogP contribution in [0.1, 0.15) is 40.0 Å². The van der Waals surface area contributed by atoms with Crippen molar-refractivity contribution in [3.8, 4) is 0 Å². The van der Waals surface area contributed by atoms with E-state index in [1.165, 1.54) is 12.8 Å². The summed E-state index contributed by atoms with van der Waals surface area (Å²) >= 11 is 0. The SMILES string of the molecule is CN(CC1CC1)C(=O)CC(N)C(C)(C)C. The van der Waals surface area contributed by atoms with Gasteiger partial charge in [0.25, 0.3) is 0 Å².